The Hall–Kier alpha value is -1.61. The monoisotopic (exact) mass is 311 g/mol. The summed E-state index contributed by atoms with van der Waals surface area (Å²) in [7, 11) is -4.08. The van der Waals surface area contributed by atoms with Gasteiger partial charge in [0.25, 0.3) is 0 Å². The summed E-state index contributed by atoms with van der Waals surface area (Å²) in [4.78, 5) is 9.74. The van der Waals surface area contributed by atoms with Gasteiger partial charge in [0.05, 0.1) is 10.5 Å². The molecule has 2 N–H and O–H groups in total. The minimum absolute atomic E-state index is 0.0491. The van der Waals surface area contributed by atoms with Crippen molar-refractivity contribution in [3.05, 3.63) is 29.8 Å². The molecule has 0 amide bonds. The van der Waals surface area contributed by atoms with Crippen LogP contribution in [0.3, 0.4) is 0 Å². The van der Waals surface area contributed by atoms with Crippen molar-refractivity contribution in [1.82, 2.24) is 4.72 Å². The molecule has 0 saturated heterocycles. The average Bonchev–Trinajstić information content (AvgIpc) is 2.34. The van der Waals surface area contributed by atoms with Crippen molar-refractivity contribution in [2.75, 3.05) is 6.54 Å². The molecule has 9 heteroatoms. The molecule has 20 heavy (non-hydrogen) atoms. The lowest BCUT2D eigenvalue weighted by Crippen LogP contribution is -2.25. The number of hydrogen-bond acceptors (Lipinski definition) is 3. The van der Waals surface area contributed by atoms with E-state index in [1.165, 1.54) is 0 Å². The Morgan fingerprint density at radius 3 is 2.50 bits per heavy atom. The molecule has 0 spiro atoms. The molecule has 0 bridgehead atoms. The number of carbonyl (C=O) groups is 1. The molecule has 0 unspecified atom stereocenters. The van der Waals surface area contributed by atoms with Crippen LogP contribution < -0.4 is 4.72 Å². The van der Waals surface area contributed by atoms with Crippen LogP contribution in [-0.2, 0) is 21.0 Å². The molecule has 112 valence electrons. The summed E-state index contributed by atoms with van der Waals surface area (Å²) >= 11 is 0. The number of aliphatic carboxylic acids is 1. The average molecular weight is 311 g/mol. The van der Waals surface area contributed by atoms with Gasteiger partial charge in [-0.3, -0.25) is 4.79 Å². The van der Waals surface area contributed by atoms with Gasteiger partial charge in [-0.25, -0.2) is 13.1 Å². The Bertz CT molecular complexity index is 584. The normalized spacial score (nSPS) is 12.3. The molecule has 0 heterocycles. The molecule has 0 atom stereocenters. The Balaban J connectivity index is 2.80. The van der Waals surface area contributed by atoms with Crippen LogP contribution in [0.2, 0.25) is 0 Å². The largest absolute Gasteiger partial charge is 0.481 e. The predicted molar refractivity (Wildman–Crippen MR) is 63.5 cm³/mol. The van der Waals surface area contributed by atoms with Crippen LogP contribution in [0.1, 0.15) is 18.4 Å². The number of rotatable bonds is 6. The zero-order chi connectivity index (χ0) is 15.4. The first-order chi connectivity index (χ1) is 9.13. The number of benzene rings is 1. The van der Waals surface area contributed by atoms with Crippen molar-refractivity contribution in [2.45, 2.75) is 23.9 Å². The highest BCUT2D eigenvalue weighted by molar-refractivity contribution is 7.89. The Morgan fingerprint density at radius 1 is 1.30 bits per heavy atom. The van der Waals surface area contributed by atoms with E-state index in [1.807, 2.05) is 0 Å². The molecule has 1 aromatic carbocycles. The number of hydrogen-bond donors (Lipinski definition) is 2. The molecule has 1 aromatic rings. The first-order valence-electron chi connectivity index (χ1n) is 5.51. The fraction of sp³-hybridized carbons (Fsp3) is 0.364. The minimum atomic E-state index is -4.63. The molecule has 0 aliphatic rings. The number of nitrogens with one attached hydrogen (secondary N) is 1. The van der Waals surface area contributed by atoms with Crippen molar-refractivity contribution >= 4 is 16.0 Å². The summed E-state index contributed by atoms with van der Waals surface area (Å²) in [6, 6.07) is 3.33. The molecule has 0 aliphatic carbocycles. The standard InChI is InChI=1S/C11H12F3NO4S/c12-11(13,14)8-3-1-4-9(7-8)20(18,19)15-6-2-5-10(16)17/h1,3-4,7,15H,2,5-6H2,(H,16,17). The van der Waals surface area contributed by atoms with Crippen LogP contribution in [0.15, 0.2) is 29.2 Å². The molecular formula is C11H12F3NO4S. The predicted octanol–water partition coefficient (Wildman–Crippen LogP) is 1.85. The van der Waals surface area contributed by atoms with E-state index in [-0.39, 0.29) is 19.4 Å². The second-order valence-corrected chi connectivity index (χ2v) is 5.69. The zero-order valence-corrected chi connectivity index (χ0v) is 11.0. The second-order valence-electron chi connectivity index (χ2n) is 3.92. The van der Waals surface area contributed by atoms with Crippen LogP contribution in [0.5, 0.6) is 0 Å². The maximum Gasteiger partial charge on any atom is 0.416 e. The lowest BCUT2D eigenvalue weighted by molar-refractivity contribution is -0.138. The van der Waals surface area contributed by atoms with E-state index in [4.69, 9.17) is 5.11 Å². The van der Waals surface area contributed by atoms with E-state index in [0.717, 1.165) is 18.2 Å². The molecule has 0 aromatic heterocycles. The van der Waals surface area contributed by atoms with E-state index in [9.17, 15) is 26.4 Å². The molecule has 1 rings (SSSR count). The van der Waals surface area contributed by atoms with Crippen LogP contribution in [0.4, 0.5) is 13.2 Å². The quantitative estimate of drug-likeness (QED) is 0.785. The highest BCUT2D eigenvalue weighted by atomic mass is 32.2. The second kappa shape index (κ2) is 6.23. The van der Waals surface area contributed by atoms with Gasteiger partial charge in [-0.2, -0.15) is 13.2 Å². The smallest absolute Gasteiger partial charge is 0.416 e. The van der Waals surface area contributed by atoms with E-state index in [1.54, 1.807) is 0 Å². The van der Waals surface area contributed by atoms with Gasteiger partial charge in [0, 0.05) is 13.0 Å². The highest BCUT2D eigenvalue weighted by Crippen LogP contribution is 2.30. The van der Waals surface area contributed by atoms with Gasteiger partial charge in [-0.1, -0.05) is 6.07 Å². The molecule has 0 fully saturated rings. The summed E-state index contributed by atoms with van der Waals surface area (Å²) in [5, 5.41) is 8.38. The molecule has 5 nitrogen and oxygen atoms in total. The Kier molecular flexibility index (Phi) is 5.12. The fourth-order valence-electron chi connectivity index (χ4n) is 1.37. The molecular weight excluding hydrogens is 299 g/mol. The van der Waals surface area contributed by atoms with Crippen molar-refractivity contribution in [2.24, 2.45) is 0 Å². The van der Waals surface area contributed by atoms with Gasteiger partial charge in [0.15, 0.2) is 0 Å². The van der Waals surface area contributed by atoms with Crippen LogP contribution in [0, 0.1) is 0 Å². The Morgan fingerprint density at radius 2 is 1.95 bits per heavy atom. The van der Waals surface area contributed by atoms with Crippen molar-refractivity contribution in [1.29, 1.82) is 0 Å². The fourth-order valence-corrected chi connectivity index (χ4v) is 2.49. The van der Waals surface area contributed by atoms with Crippen LogP contribution in [0.25, 0.3) is 0 Å². The van der Waals surface area contributed by atoms with E-state index < -0.39 is 32.6 Å². The summed E-state index contributed by atoms with van der Waals surface area (Å²) < 4.78 is 62.9. The first-order valence-corrected chi connectivity index (χ1v) is 7.00. The van der Waals surface area contributed by atoms with Crippen LogP contribution >= 0.6 is 0 Å². The number of halogens is 3. The van der Waals surface area contributed by atoms with E-state index in [0.29, 0.717) is 6.07 Å². The first kappa shape index (κ1) is 16.4. The van der Waals surface area contributed by atoms with Crippen LogP contribution in [-0.4, -0.2) is 26.0 Å². The van der Waals surface area contributed by atoms with E-state index in [2.05, 4.69) is 4.72 Å². The topological polar surface area (TPSA) is 83.5 Å². The third kappa shape index (κ3) is 4.82. The lowest BCUT2D eigenvalue weighted by atomic mass is 10.2. The molecule has 0 radical (unpaired) electrons. The van der Waals surface area contributed by atoms with Crippen molar-refractivity contribution in [3.63, 3.8) is 0 Å². The van der Waals surface area contributed by atoms with Gasteiger partial charge in [0.2, 0.25) is 10.0 Å². The summed E-state index contributed by atoms with van der Waals surface area (Å²) in [5.41, 5.74) is -1.06. The maximum atomic E-state index is 12.5. The van der Waals surface area contributed by atoms with Crippen molar-refractivity contribution in [3.8, 4) is 0 Å². The summed E-state index contributed by atoms with van der Waals surface area (Å²) in [6.07, 6.45) is -4.81. The third-order valence-corrected chi connectivity index (χ3v) is 3.79. The minimum Gasteiger partial charge on any atom is -0.481 e. The third-order valence-electron chi connectivity index (χ3n) is 2.33. The van der Waals surface area contributed by atoms with Gasteiger partial charge in [0.1, 0.15) is 0 Å². The van der Waals surface area contributed by atoms with Gasteiger partial charge in [-0.05, 0) is 24.6 Å². The van der Waals surface area contributed by atoms with Crippen molar-refractivity contribution < 1.29 is 31.5 Å². The number of sulfonamides is 1. The molecule has 0 saturated carbocycles. The summed E-state index contributed by atoms with van der Waals surface area (Å²) in [5.74, 6) is -1.08. The maximum absolute atomic E-state index is 12.5. The lowest BCUT2D eigenvalue weighted by Gasteiger charge is -2.10. The highest BCUT2D eigenvalue weighted by Gasteiger charge is 2.31. The van der Waals surface area contributed by atoms with Gasteiger partial charge >= 0.3 is 12.1 Å². The Labute approximate surface area is 113 Å². The summed E-state index contributed by atoms with van der Waals surface area (Å²) in [6.45, 7) is -0.162. The number of carboxylic acids is 1. The zero-order valence-electron chi connectivity index (χ0n) is 10.1. The van der Waals surface area contributed by atoms with E-state index >= 15 is 0 Å². The number of alkyl halides is 3. The number of carboxylic acid groups (broad SMARTS) is 1. The SMILES string of the molecule is O=C(O)CCCNS(=O)(=O)c1cccc(C(F)(F)F)c1. The van der Waals surface area contributed by atoms with Gasteiger partial charge < -0.3 is 5.11 Å². The van der Waals surface area contributed by atoms with Gasteiger partial charge in [-0.15, -0.1) is 0 Å². The molecule has 0 aliphatic heterocycles.